The molecule has 1 unspecified atom stereocenters. The van der Waals surface area contributed by atoms with Gasteiger partial charge >= 0.3 is 12.0 Å². The predicted octanol–water partition coefficient (Wildman–Crippen LogP) is 1.40. The Morgan fingerprint density at radius 3 is 2.00 bits per heavy atom. The normalized spacial score (nSPS) is 21.2. The van der Waals surface area contributed by atoms with Crippen LogP contribution in [0.2, 0.25) is 0 Å². The van der Waals surface area contributed by atoms with Gasteiger partial charge in [0.2, 0.25) is 17.6 Å². The van der Waals surface area contributed by atoms with Gasteiger partial charge in [-0.1, -0.05) is 40.5 Å². The molecule has 0 bridgehead atoms. The Morgan fingerprint density at radius 1 is 0.950 bits per heavy atom. The third-order valence-corrected chi connectivity index (χ3v) is 6.96. The number of Topliss-reactive ketones (excluding diaryl/α,β-unsaturated/α-hetero) is 1. The highest BCUT2D eigenvalue weighted by Gasteiger charge is 2.45. The number of carbonyl (C=O) groups excluding carboxylic acids is 6. The summed E-state index contributed by atoms with van der Waals surface area (Å²) in [4.78, 5) is 78.2. The number of rotatable bonds is 10. The number of ether oxygens (including phenoxy) is 1. The van der Waals surface area contributed by atoms with Gasteiger partial charge < -0.3 is 31.3 Å². The number of nitrogens with one attached hydrogen (secondary N) is 3. The number of esters is 1. The molecule has 40 heavy (non-hydrogen) atoms. The van der Waals surface area contributed by atoms with Gasteiger partial charge in [0.1, 0.15) is 23.2 Å². The van der Waals surface area contributed by atoms with Gasteiger partial charge in [0.05, 0.1) is 6.04 Å². The lowest BCUT2D eigenvalue weighted by atomic mass is 9.85. The predicted molar refractivity (Wildman–Crippen MR) is 148 cm³/mol. The molecule has 2 fully saturated rings. The van der Waals surface area contributed by atoms with E-state index in [1.165, 1.54) is 18.7 Å². The van der Waals surface area contributed by atoms with E-state index in [0.29, 0.717) is 12.8 Å². The molecule has 2 aliphatic rings. The Bertz CT molecular complexity index is 1020. The molecule has 226 valence electrons. The van der Waals surface area contributed by atoms with Gasteiger partial charge in [0.25, 0.3) is 5.91 Å². The van der Waals surface area contributed by atoms with Crippen LogP contribution < -0.4 is 21.7 Å². The van der Waals surface area contributed by atoms with Crippen LogP contribution in [0.15, 0.2) is 0 Å². The summed E-state index contributed by atoms with van der Waals surface area (Å²) in [6.45, 7) is 15.7. The molecule has 1 aliphatic heterocycles. The monoisotopic (exact) mass is 565 g/mol. The van der Waals surface area contributed by atoms with Crippen molar-refractivity contribution in [1.82, 2.24) is 20.9 Å². The van der Waals surface area contributed by atoms with Crippen molar-refractivity contribution in [2.24, 2.45) is 23.0 Å². The fourth-order valence-corrected chi connectivity index (χ4v) is 4.62. The van der Waals surface area contributed by atoms with Crippen LogP contribution >= 0.6 is 0 Å². The van der Waals surface area contributed by atoms with Gasteiger partial charge in [-0.3, -0.25) is 19.2 Å². The first-order valence-corrected chi connectivity index (χ1v) is 13.9. The van der Waals surface area contributed by atoms with Crippen LogP contribution in [-0.2, 0) is 28.7 Å². The van der Waals surface area contributed by atoms with Crippen LogP contribution in [0.3, 0.4) is 0 Å². The number of primary amides is 1. The number of carbonyl (C=O) groups is 6. The molecule has 5 amide bonds. The maximum atomic E-state index is 13.9. The van der Waals surface area contributed by atoms with Crippen molar-refractivity contribution in [3.8, 4) is 0 Å². The Morgan fingerprint density at radius 2 is 1.52 bits per heavy atom. The lowest BCUT2D eigenvalue weighted by molar-refractivity contribution is -0.161. The van der Waals surface area contributed by atoms with E-state index in [9.17, 15) is 28.8 Å². The average molecular weight is 566 g/mol. The Kier molecular flexibility index (Phi) is 10.0. The van der Waals surface area contributed by atoms with Gasteiger partial charge in [0.15, 0.2) is 0 Å². The molecule has 12 nitrogen and oxygen atoms in total. The number of amides is 5. The van der Waals surface area contributed by atoms with Crippen LogP contribution in [0, 0.1) is 17.3 Å². The highest BCUT2D eigenvalue weighted by Crippen LogP contribution is 2.34. The van der Waals surface area contributed by atoms with E-state index in [0.717, 1.165) is 12.8 Å². The lowest BCUT2D eigenvalue weighted by Crippen LogP contribution is -2.62. The van der Waals surface area contributed by atoms with E-state index in [1.54, 1.807) is 41.5 Å². The zero-order chi connectivity index (χ0) is 30.8. The molecule has 4 atom stereocenters. The van der Waals surface area contributed by atoms with E-state index in [1.807, 2.05) is 6.92 Å². The molecule has 0 aromatic heterocycles. The molecular formula is C28H47N5O7. The molecule has 0 radical (unpaired) electrons. The average Bonchev–Trinajstić information content (AvgIpc) is 3.51. The van der Waals surface area contributed by atoms with E-state index in [4.69, 9.17) is 10.5 Å². The SMILES string of the molecule is C[C@@H]1C[C@@H](C(=O)NC(CC2CC2)C(=O)C(N)=O)N(C(=O)[C@@H](NC(=O)NC(C)(C)C(=O)OC(C)(C)C)C(C)(C)C)C1. The largest absolute Gasteiger partial charge is 0.458 e. The maximum Gasteiger partial charge on any atom is 0.331 e. The topological polar surface area (TPSA) is 177 Å². The maximum absolute atomic E-state index is 13.9. The molecular weight excluding hydrogens is 518 g/mol. The van der Waals surface area contributed by atoms with Crippen LogP contribution in [0.4, 0.5) is 4.79 Å². The van der Waals surface area contributed by atoms with Crippen molar-refractivity contribution in [2.45, 2.75) is 117 Å². The summed E-state index contributed by atoms with van der Waals surface area (Å²) in [7, 11) is 0. The van der Waals surface area contributed by atoms with Crippen molar-refractivity contribution in [2.75, 3.05) is 6.54 Å². The van der Waals surface area contributed by atoms with E-state index >= 15 is 0 Å². The van der Waals surface area contributed by atoms with Crippen LogP contribution in [0.1, 0.15) is 88.0 Å². The number of ketones is 1. The molecule has 1 saturated carbocycles. The highest BCUT2D eigenvalue weighted by molar-refractivity contribution is 6.37. The molecule has 1 heterocycles. The molecule has 0 aromatic rings. The second kappa shape index (κ2) is 12.1. The molecule has 0 spiro atoms. The molecule has 5 N–H and O–H groups in total. The van der Waals surface area contributed by atoms with Crippen molar-refractivity contribution in [1.29, 1.82) is 0 Å². The smallest absolute Gasteiger partial charge is 0.331 e. The van der Waals surface area contributed by atoms with Crippen molar-refractivity contribution in [3.63, 3.8) is 0 Å². The van der Waals surface area contributed by atoms with E-state index < -0.39 is 70.2 Å². The number of urea groups is 1. The highest BCUT2D eigenvalue weighted by atomic mass is 16.6. The Hall–Kier alpha value is -3.18. The number of nitrogens with zero attached hydrogens (tertiary/aromatic N) is 1. The number of likely N-dealkylation sites (tertiary alicyclic amines) is 1. The first kappa shape index (κ1) is 33.0. The van der Waals surface area contributed by atoms with E-state index in [2.05, 4.69) is 16.0 Å². The minimum absolute atomic E-state index is 0.0195. The molecule has 12 heteroatoms. The molecule has 2 rings (SSSR count). The minimum Gasteiger partial charge on any atom is -0.458 e. The summed E-state index contributed by atoms with van der Waals surface area (Å²) in [6.07, 6.45) is 2.50. The number of hydrogen-bond donors (Lipinski definition) is 4. The second-order valence-corrected chi connectivity index (χ2v) is 13.8. The number of nitrogens with two attached hydrogens (primary N) is 1. The molecule has 1 aliphatic carbocycles. The van der Waals surface area contributed by atoms with Crippen molar-refractivity contribution >= 4 is 35.5 Å². The van der Waals surface area contributed by atoms with Crippen molar-refractivity contribution in [3.05, 3.63) is 0 Å². The lowest BCUT2D eigenvalue weighted by Gasteiger charge is -2.36. The molecule has 1 saturated heterocycles. The van der Waals surface area contributed by atoms with Gasteiger partial charge in [-0.05, 0) is 64.7 Å². The number of hydrogen-bond acceptors (Lipinski definition) is 7. The summed E-state index contributed by atoms with van der Waals surface area (Å²) in [5.74, 6) is -3.40. The zero-order valence-corrected chi connectivity index (χ0v) is 25.3. The van der Waals surface area contributed by atoms with Gasteiger partial charge in [0, 0.05) is 6.54 Å². The second-order valence-electron chi connectivity index (χ2n) is 13.8. The fraction of sp³-hybridized carbons (Fsp3) is 0.786. The quantitative estimate of drug-likeness (QED) is 0.228. The summed E-state index contributed by atoms with van der Waals surface area (Å²) >= 11 is 0. The fourth-order valence-electron chi connectivity index (χ4n) is 4.62. The third-order valence-electron chi connectivity index (χ3n) is 6.96. The summed E-state index contributed by atoms with van der Waals surface area (Å²) in [6, 6.07) is -3.72. The summed E-state index contributed by atoms with van der Waals surface area (Å²) < 4.78 is 5.39. The first-order valence-electron chi connectivity index (χ1n) is 13.9. The Balaban J connectivity index is 2.20. The van der Waals surface area contributed by atoms with Crippen molar-refractivity contribution < 1.29 is 33.5 Å². The van der Waals surface area contributed by atoms with E-state index in [-0.39, 0.29) is 18.4 Å². The van der Waals surface area contributed by atoms with Gasteiger partial charge in [-0.2, -0.15) is 0 Å². The van der Waals surface area contributed by atoms with Crippen LogP contribution in [0.25, 0.3) is 0 Å². The van der Waals surface area contributed by atoms with Gasteiger partial charge in [-0.25, -0.2) is 9.59 Å². The van der Waals surface area contributed by atoms with Gasteiger partial charge in [-0.15, -0.1) is 0 Å². The third kappa shape index (κ3) is 9.19. The standard InChI is InChI=1S/C28H47N5O7/c1-15-12-18(22(36)30-17(13-16-10-11-16)19(34)21(29)35)33(14-15)23(37)20(26(2,3)4)31-25(39)32-28(8,9)24(38)40-27(5,6)7/h15-18,20H,10-14H2,1-9H3,(H2,29,35)(H,30,36)(H2,31,32,39)/t15-,17?,18+,20-/m1/s1. The Labute approximate surface area is 236 Å². The zero-order valence-electron chi connectivity index (χ0n) is 25.3. The van der Waals surface area contributed by atoms with Crippen LogP contribution in [0.5, 0.6) is 0 Å². The minimum atomic E-state index is -1.38. The summed E-state index contributed by atoms with van der Waals surface area (Å²) in [5.41, 5.74) is 2.32. The molecule has 0 aromatic carbocycles. The first-order chi connectivity index (χ1) is 18.1. The van der Waals surface area contributed by atoms with Crippen LogP contribution in [-0.4, -0.2) is 76.2 Å². The summed E-state index contributed by atoms with van der Waals surface area (Å²) in [5, 5.41) is 7.94.